The molecule has 7 nitrogen and oxygen atoms in total. The van der Waals surface area contributed by atoms with E-state index in [0.29, 0.717) is 43.5 Å². The van der Waals surface area contributed by atoms with Gasteiger partial charge in [-0.25, -0.2) is 9.79 Å². The van der Waals surface area contributed by atoms with Gasteiger partial charge in [0.05, 0.1) is 38.5 Å². The Morgan fingerprint density at radius 3 is 2.28 bits per heavy atom. The van der Waals surface area contributed by atoms with E-state index >= 15 is 0 Å². The lowest BCUT2D eigenvalue weighted by Gasteiger charge is -2.12. The monoisotopic (exact) mass is 475 g/mol. The van der Waals surface area contributed by atoms with Crippen LogP contribution in [0.25, 0.3) is 6.08 Å². The predicted molar refractivity (Wildman–Crippen MR) is 127 cm³/mol. The molecule has 1 aliphatic heterocycles. The van der Waals surface area contributed by atoms with E-state index in [4.69, 9.17) is 30.5 Å². The number of hydrogen-bond acceptors (Lipinski definition) is 8. The van der Waals surface area contributed by atoms with Gasteiger partial charge in [-0.1, -0.05) is 23.4 Å². The first-order chi connectivity index (χ1) is 15.4. The summed E-state index contributed by atoms with van der Waals surface area (Å²) in [6.07, 6.45) is 1.68. The molecule has 168 valence electrons. The van der Waals surface area contributed by atoms with E-state index in [0.717, 1.165) is 11.8 Å². The number of esters is 1. The van der Waals surface area contributed by atoms with Crippen molar-refractivity contribution in [1.29, 1.82) is 0 Å². The highest BCUT2D eigenvalue weighted by Crippen LogP contribution is 2.43. The van der Waals surface area contributed by atoms with Gasteiger partial charge in [0.1, 0.15) is 22.1 Å². The van der Waals surface area contributed by atoms with Crippen molar-refractivity contribution in [3.8, 4) is 17.2 Å². The molecule has 0 spiro atoms. The van der Waals surface area contributed by atoms with Crippen LogP contribution in [0.5, 0.6) is 17.2 Å². The molecular formula is C23H22ClNO6S. The van der Waals surface area contributed by atoms with Gasteiger partial charge in [0.15, 0.2) is 11.5 Å². The summed E-state index contributed by atoms with van der Waals surface area (Å²) < 4.78 is 21.3. The van der Waals surface area contributed by atoms with Gasteiger partial charge in [-0.3, -0.25) is 0 Å². The molecule has 9 heteroatoms. The van der Waals surface area contributed by atoms with E-state index < -0.39 is 5.97 Å². The fourth-order valence-electron chi connectivity index (χ4n) is 2.93. The lowest BCUT2D eigenvalue weighted by atomic mass is 10.1. The third kappa shape index (κ3) is 5.03. The van der Waals surface area contributed by atoms with Crippen LogP contribution >= 0.6 is 23.4 Å². The van der Waals surface area contributed by atoms with Crippen molar-refractivity contribution in [2.24, 2.45) is 4.99 Å². The number of hydrogen-bond donors (Lipinski definition) is 1. The fraction of sp³-hybridized carbons (Fsp3) is 0.217. The number of halogens is 1. The number of thioether (sulfide) groups is 1. The first-order valence-electron chi connectivity index (χ1n) is 9.56. The van der Waals surface area contributed by atoms with Crippen molar-refractivity contribution < 1.29 is 28.8 Å². The molecule has 0 saturated carbocycles. The second kappa shape index (κ2) is 10.5. The van der Waals surface area contributed by atoms with Crippen LogP contribution in [-0.4, -0.2) is 44.1 Å². The summed E-state index contributed by atoms with van der Waals surface area (Å²) in [5.74, 6) is 0.616. The average molecular weight is 476 g/mol. The maximum Gasteiger partial charge on any atom is 0.344 e. The van der Waals surface area contributed by atoms with Gasteiger partial charge in [0.25, 0.3) is 0 Å². The zero-order valence-electron chi connectivity index (χ0n) is 18.0. The second-order valence-corrected chi connectivity index (χ2v) is 7.86. The topological polar surface area (TPSA) is 86.6 Å². The van der Waals surface area contributed by atoms with Crippen LogP contribution < -0.4 is 14.2 Å². The minimum absolute atomic E-state index is 0.00232. The second-order valence-electron chi connectivity index (χ2n) is 6.40. The van der Waals surface area contributed by atoms with Crippen LogP contribution in [0.15, 0.2) is 57.6 Å². The Morgan fingerprint density at radius 2 is 1.69 bits per heavy atom. The van der Waals surface area contributed by atoms with Crippen molar-refractivity contribution in [2.75, 3.05) is 27.9 Å². The highest BCUT2D eigenvalue weighted by Gasteiger charge is 2.33. The van der Waals surface area contributed by atoms with Gasteiger partial charge in [0, 0.05) is 16.7 Å². The maximum atomic E-state index is 12.6. The summed E-state index contributed by atoms with van der Waals surface area (Å²) in [5.41, 5.74) is 1.20. The first kappa shape index (κ1) is 23.6. The molecular weight excluding hydrogens is 454 g/mol. The molecule has 0 bridgehead atoms. The molecule has 0 fully saturated rings. The fourth-order valence-corrected chi connectivity index (χ4v) is 4.08. The quantitative estimate of drug-likeness (QED) is 0.524. The van der Waals surface area contributed by atoms with E-state index in [1.54, 1.807) is 49.4 Å². The molecule has 1 heterocycles. The summed E-state index contributed by atoms with van der Waals surface area (Å²) in [5, 5.41) is 11.8. The predicted octanol–water partition coefficient (Wildman–Crippen LogP) is 5.56. The van der Waals surface area contributed by atoms with E-state index in [1.165, 1.54) is 21.3 Å². The minimum Gasteiger partial charge on any atom is -0.506 e. The van der Waals surface area contributed by atoms with Gasteiger partial charge >= 0.3 is 5.97 Å². The van der Waals surface area contributed by atoms with Crippen LogP contribution in [0.1, 0.15) is 12.5 Å². The molecule has 0 atom stereocenters. The molecule has 3 rings (SSSR count). The molecule has 1 aliphatic rings. The number of aliphatic hydroxyl groups excluding tert-OH is 1. The number of aliphatic hydroxyl groups is 1. The van der Waals surface area contributed by atoms with Gasteiger partial charge in [-0.2, -0.15) is 0 Å². The lowest BCUT2D eigenvalue weighted by Crippen LogP contribution is -2.12. The Kier molecular flexibility index (Phi) is 7.71. The van der Waals surface area contributed by atoms with E-state index in [-0.39, 0.29) is 17.9 Å². The van der Waals surface area contributed by atoms with Crippen LogP contribution in [0, 0.1) is 0 Å². The van der Waals surface area contributed by atoms with Gasteiger partial charge in [-0.15, -0.1) is 0 Å². The number of methoxy groups -OCH3 is 3. The number of nitrogens with zero attached hydrogens (tertiary/aromatic N) is 1. The maximum absolute atomic E-state index is 12.6. The Hall–Kier alpha value is -3.10. The zero-order chi connectivity index (χ0) is 23.3. The third-order valence-electron chi connectivity index (χ3n) is 4.45. The highest BCUT2D eigenvalue weighted by molar-refractivity contribution is 8.18. The Balaban J connectivity index is 2.10. The Bertz CT molecular complexity index is 1110. The van der Waals surface area contributed by atoms with Crippen molar-refractivity contribution in [3.05, 3.63) is 63.2 Å². The molecule has 32 heavy (non-hydrogen) atoms. The van der Waals surface area contributed by atoms with E-state index in [9.17, 15) is 9.90 Å². The molecule has 0 aliphatic carbocycles. The summed E-state index contributed by atoms with van der Waals surface area (Å²) in [6, 6.07) is 10.2. The number of carbonyl (C=O) groups is 1. The third-order valence-corrected chi connectivity index (χ3v) is 5.72. The number of aliphatic imine (C=N–C) groups is 1. The van der Waals surface area contributed by atoms with Gasteiger partial charge < -0.3 is 24.1 Å². The Labute approximate surface area is 195 Å². The van der Waals surface area contributed by atoms with Crippen LogP contribution in [0.4, 0.5) is 5.69 Å². The van der Waals surface area contributed by atoms with Crippen LogP contribution in [-0.2, 0) is 9.53 Å². The lowest BCUT2D eigenvalue weighted by molar-refractivity contribution is -0.138. The number of carbonyl (C=O) groups excluding carboxylic acids is 1. The number of rotatable bonds is 7. The molecule has 0 unspecified atom stereocenters. The number of ether oxygens (including phenoxy) is 4. The molecule has 0 saturated heterocycles. The summed E-state index contributed by atoms with van der Waals surface area (Å²) >= 11 is 7.09. The van der Waals surface area contributed by atoms with Crippen LogP contribution in [0.2, 0.25) is 5.02 Å². The SMILES string of the molecule is CCOC(=O)C1=C(O)C(=Cc2cc(OC)c(OC)cc2OC)SC1=Nc1ccc(Cl)cc1. The van der Waals surface area contributed by atoms with Crippen molar-refractivity contribution >= 4 is 46.1 Å². The largest absolute Gasteiger partial charge is 0.506 e. The van der Waals surface area contributed by atoms with Crippen LogP contribution in [0.3, 0.4) is 0 Å². The zero-order valence-corrected chi connectivity index (χ0v) is 19.5. The van der Waals surface area contributed by atoms with E-state index in [1.807, 2.05) is 0 Å². The average Bonchev–Trinajstić information content (AvgIpc) is 3.09. The van der Waals surface area contributed by atoms with Gasteiger partial charge in [0.2, 0.25) is 0 Å². The van der Waals surface area contributed by atoms with Crippen molar-refractivity contribution in [1.82, 2.24) is 0 Å². The standard InChI is InChI=1S/C23H22ClNO6S/c1-5-31-23(27)20-21(26)19(32-22(20)25-15-8-6-14(24)7-9-15)11-13-10-17(29-3)18(30-4)12-16(13)28-2/h6-12,26H,5H2,1-4H3. The number of benzene rings is 2. The molecule has 2 aromatic carbocycles. The normalized spacial score (nSPS) is 15.9. The summed E-state index contributed by atoms with van der Waals surface area (Å²) in [7, 11) is 4.58. The molecule has 2 aromatic rings. The minimum atomic E-state index is -0.659. The van der Waals surface area contributed by atoms with Crippen molar-refractivity contribution in [2.45, 2.75) is 6.92 Å². The summed E-state index contributed by atoms with van der Waals surface area (Å²) in [6.45, 7) is 1.86. The first-order valence-corrected chi connectivity index (χ1v) is 10.8. The van der Waals surface area contributed by atoms with E-state index in [2.05, 4.69) is 4.99 Å². The van der Waals surface area contributed by atoms with Gasteiger partial charge in [-0.05, 0) is 43.3 Å². The molecule has 1 N–H and O–H groups in total. The molecule has 0 radical (unpaired) electrons. The molecule has 0 aromatic heterocycles. The molecule has 0 amide bonds. The highest BCUT2D eigenvalue weighted by atomic mass is 35.5. The Morgan fingerprint density at radius 1 is 1.06 bits per heavy atom. The summed E-state index contributed by atoms with van der Waals surface area (Å²) in [4.78, 5) is 17.5. The van der Waals surface area contributed by atoms with Crippen molar-refractivity contribution in [3.63, 3.8) is 0 Å². The smallest absolute Gasteiger partial charge is 0.344 e.